The first-order valence-corrected chi connectivity index (χ1v) is 7.88. The van der Waals surface area contributed by atoms with Crippen LogP contribution in [0.2, 0.25) is 0 Å². The van der Waals surface area contributed by atoms with E-state index in [1.54, 1.807) is 43.6 Å². The van der Waals surface area contributed by atoms with Crippen molar-refractivity contribution < 1.29 is 19.5 Å². The van der Waals surface area contributed by atoms with Crippen LogP contribution in [0, 0.1) is 0 Å². The third kappa shape index (κ3) is 4.37. The SMILES string of the molecule is Cn1ccc(C(=O)Nc2cccc(NC(=O)Cn3nccc3C(=O)O)c2)n1. The fraction of sp³-hybridized carbons (Fsp3) is 0.118. The van der Waals surface area contributed by atoms with Gasteiger partial charge in [0, 0.05) is 30.8 Å². The lowest BCUT2D eigenvalue weighted by atomic mass is 10.2. The Morgan fingerprint density at radius 2 is 1.85 bits per heavy atom. The maximum atomic E-state index is 12.1. The molecule has 0 saturated heterocycles. The molecule has 0 bridgehead atoms. The van der Waals surface area contributed by atoms with Crippen molar-refractivity contribution in [1.82, 2.24) is 19.6 Å². The van der Waals surface area contributed by atoms with Crippen LogP contribution in [0.3, 0.4) is 0 Å². The molecule has 2 heterocycles. The van der Waals surface area contributed by atoms with Crippen molar-refractivity contribution in [2.24, 2.45) is 7.05 Å². The van der Waals surface area contributed by atoms with Crippen molar-refractivity contribution in [3.8, 4) is 0 Å². The Labute approximate surface area is 153 Å². The maximum absolute atomic E-state index is 12.1. The molecule has 3 N–H and O–H groups in total. The summed E-state index contributed by atoms with van der Waals surface area (Å²) in [6.07, 6.45) is 2.97. The Morgan fingerprint density at radius 3 is 2.52 bits per heavy atom. The number of carboxylic acid groups (broad SMARTS) is 1. The summed E-state index contributed by atoms with van der Waals surface area (Å²) in [5, 5.41) is 22.2. The molecule has 0 aliphatic heterocycles. The number of aromatic nitrogens is 4. The number of anilines is 2. The fourth-order valence-corrected chi connectivity index (χ4v) is 2.38. The van der Waals surface area contributed by atoms with Crippen molar-refractivity contribution in [2.45, 2.75) is 6.54 Å². The van der Waals surface area contributed by atoms with Gasteiger partial charge in [-0.1, -0.05) is 6.07 Å². The summed E-state index contributed by atoms with van der Waals surface area (Å²) in [6, 6.07) is 9.47. The van der Waals surface area contributed by atoms with Crippen LogP contribution < -0.4 is 10.6 Å². The van der Waals surface area contributed by atoms with Gasteiger partial charge in [-0.3, -0.25) is 14.3 Å². The van der Waals surface area contributed by atoms with E-state index in [2.05, 4.69) is 20.8 Å². The van der Waals surface area contributed by atoms with Crippen LogP contribution in [0.15, 0.2) is 48.8 Å². The lowest BCUT2D eigenvalue weighted by molar-refractivity contribution is -0.116. The highest BCUT2D eigenvalue weighted by atomic mass is 16.4. The van der Waals surface area contributed by atoms with Crippen LogP contribution in [-0.4, -0.2) is 42.5 Å². The van der Waals surface area contributed by atoms with Crippen LogP contribution in [0.5, 0.6) is 0 Å². The van der Waals surface area contributed by atoms with Crippen LogP contribution in [-0.2, 0) is 18.4 Å². The van der Waals surface area contributed by atoms with Gasteiger partial charge in [0.05, 0.1) is 0 Å². The lowest BCUT2D eigenvalue weighted by Crippen LogP contribution is -2.22. The van der Waals surface area contributed by atoms with E-state index in [0.717, 1.165) is 4.68 Å². The van der Waals surface area contributed by atoms with Crippen molar-refractivity contribution in [3.63, 3.8) is 0 Å². The Hall–Kier alpha value is -3.95. The van der Waals surface area contributed by atoms with E-state index in [1.807, 2.05) is 0 Å². The third-order valence-corrected chi connectivity index (χ3v) is 3.58. The molecule has 138 valence electrons. The Bertz CT molecular complexity index is 1010. The van der Waals surface area contributed by atoms with Gasteiger partial charge in [-0.2, -0.15) is 10.2 Å². The van der Waals surface area contributed by atoms with Crippen molar-refractivity contribution in [2.75, 3.05) is 10.6 Å². The molecule has 0 fully saturated rings. The van der Waals surface area contributed by atoms with E-state index in [9.17, 15) is 14.4 Å². The molecule has 2 amide bonds. The average molecular weight is 368 g/mol. The molecule has 0 aliphatic carbocycles. The second-order valence-corrected chi connectivity index (χ2v) is 5.64. The standard InChI is InChI=1S/C17H16N6O4/c1-22-8-6-13(21-22)16(25)20-12-4-2-3-11(9-12)19-15(24)10-23-14(17(26)27)5-7-18-23/h2-9H,10H2,1H3,(H,19,24)(H,20,25)(H,26,27). The van der Waals surface area contributed by atoms with E-state index in [1.165, 1.54) is 16.9 Å². The molecule has 0 saturated carbocycles. The van der Waals surface area contributed by atoms with Gasteiger partial charge in [0.15, 0.2) is 5.69 Å². The molecule has 2 aromatic heterocycles. The van der Waals surface area contributed by atoms with Gasteiger partial charge in [-0.15, -0.1) is 0 Å². The van der Waals surface area contributed by atoms with Gasteiger partial charge >= 0.3 is 5.97 Å². The number of rotatable bonds is 6. The Morgan fingerprint density at radius 1 is 1.11 bits per heavy atom. The zero-order chi connectivity index (χ0) is 19.4. The highest BCUT2D eigenvalue weighted by Gasteiger charge is 2.14. The molecule has 27 heavy (non-hydrogen) atoms. The third-order valence-electron chi connectivity index (χ3n) is 3.58. The molecule has 0 aliphatic rings. The molecule has 0 spiro atoms. The number of carbonyl (C=O) groups excluding carboxylic acids is 2. The van der Waals surface area contributed by atoms with Gasteiger partial charge in [0.1, 0.15) is 12.2 Å². The van der Waals surface area contributed by atoms with Crippen LogP contribution in [0.1, 0.15) is 21.0 Å². The zero-order valence-electron chi connectivity index (χ0n) is 14.3. The molecular weight excluding hydrogens is 352 g/mol. The Balaban J connectivity index is 1.65. The Kier molecular flexibility index (Phi) is 4.97. The van der Waals surface area contributed by atoms with E-state index in [-0.39, 0.29) is 23.8 Å². The highest BCUT2D eigenvalue weighted by molar-refractivity contribution is 6.03. The number of aromatic carboxylic acids is 1. The van der Waals surface area contributed by atoms with E-state index in [0.29, 0.717) is 11.4 Å². The van der Waals surface area contributed by atoms with Gasteiger partial charge in [-0.05, 0) is 30.3 Å². The first-order valence-electron chi connectivity index (χ1n) is 7.88. The highest BCUT2D eigenvalue weighted by Crippen LogP contribution is 2.16. The number of hydrogen-bond donors (Lipinski definition) is 3. The number of amides is 2. The van der Waals surface area contributed by atoms with Crippen LogP contribution in [0.25, 0.3) is 0 Å². The van der Waals surface area contributed by atoms with Gasteiger partial charge in [0.2, 0.25) is 5.91 Å². The van der Waals surface area contributed by atoms with E-state index in [4.69, 9.17) is 5.11 Å². The molecule has 0 radical (unpaired) electrons. The summed E-state index contributed by atoms with van der Waals surface area (Å²) in [7, 11) is 1.71. The predicted molar refractivity (Wildman–Crippen MR) is 95.4 cm³/mol. The molecule has 3 rings (SSSR count). The number of aryl methyl sites for hydroxylation is 1. The van der Waals surface area contributed by atoms with Gasteiger partial charge in [-0.25, -0.2) is 9.48 Å². The van der Waals surface area contributed by atoms with Crippen molar-refractivity contribution in [3.05, 3.63) is 60.2 Å². The minimum absolute atomic E-state index is 0.0819. The minimum Gasteiger partial charge on any atom is -0.477 e. The minimum atomic E-state index is -1.17. The summed E-state index contributed by atoms with van der Waals surface area (Å²) in [5.74, 6) is -1.99. The number of benzene rings is 1. The van der Waals surface area contributed by atoms with Crippen molar-refractivity contribution >= 4 is 29.2 Å². The molecule has 1 aromatic carbocycles. The van der Waals surface area contributed by atoms with Crippen LogP contribution >= 0.6 is 0 Å². The molecular formula is C17H16N6O4. The summed E-state index contributed by atoms with van der Waals surface area (Å²) in [6.45, 7) is -0.251. The molecule has 10 heteroatoms. The first kappa shape index (κ1) is 17.9. The number of nitrogens with zero attached hydrogens (tertiary/aromatic N) is 4. The summed E-state index contributed by atoms with van der Waals surface area (Å²) in [4.78, 5) is 35.3. The number of carboxylic acids is 1. The molecule has 3 aromatic rings. The normalized spacial score (nSPS) is 10.4. The molecule has 10 nitrogen and oxygen atoms in total. The smallest absolute Gasteiger partial charge is 0.354 e. The van der Waals surface area contributed by atoms with Crippen LogP contribution in [0.4, 0.5) is 11.4 Å². The van der Waals surface area contributed by atoms with Gasteiger partial charge in [0.25, 0.3) is 5.91 Å². The monoisotopic (exact) mass is 368 g/mol. The van der Waals surface area contributed by atoms with Crippen molar-refractivity contribution in [1.29, 1.82) is 0 Å². The molecule has 0 unspecified atom stereocenters. The number of nitrogens with one attached hydrogen (secondary N) is 2. The van der Waals surface area contributed by atoms with Gasteiger partial charge < -0.3 is 15.7 Å². The first-order chi connectivity index (χ1) is 12.9. The largest absolute Gasteiger partial charge is 0.477 e. The lowest BCUT2D eigenvalue weighted by Gasteiger charge is -2.09. The predicted octanol–water partition coefficient (Wildman–Crippen LogP) is 1.21. The topological polar surface area (TPSA) is 131 Å². The fourth-order valence-electron chi connectivity index (χ4n) is 2.38. The quantitative estimate of drug-likeness (QED) is 0.599. The summed E-state index contributed by atoms with van der Waals surface area (Å²) < 4.78 is 2.61. The summed E-state index contributed by atoms with van der Waals surface area (Å²) >= 11 is 0. The summed E-state index contributed by atoms with van der Waals surface area (Å²) in [5.41, 5.74) is 1.12. The second-order valence-electron chi connectivity index (χ2n) is 5.64. The second kappa shape index (κ2) is 7.52. The molecule has 0 atom stereocenters. The average Bonchev–Trinajstić information content (AvgIpc) is 3.24. The number of hydrogen-bond acceptors (Lipinski definition) is 5. The maximum Gasteiger partial charge on any atom is 0.354 e. The number of carbonyl (C=O) groups is 3. The van der Waals surface area contributed by atoms with E-state index >= 15 is 0 Å². The zero-order valence-corrected chi connectivity index (χ0v) is 14.3. The van der Waals surface area contributed by atoms with E-state index < -0.39 is 11.9 Å².